The summed E-state index contributed by atoms with van der Waals surface area (Å²) in [6.07, 6.45) is 10.3. The first-order valence-electron chi connectivity index (χ1n) is 22.2. The lowest BCUT2D eigenvalue weighted by molar-refractivity contribution is 1.60. The summed E-state index contributed by atoms with van der Waals surface area (Å²) < 4.78 is 0. The molecule has 7 rings (SSSR count). The molecule has 0 saturated carbocycles. The van der Waals surface area contributed by atoms with Crippen molar-refractivity contribution in [2.24, 2.45) is 0 Å². The van der Waals surface area contributed by atoms with Gasteiger partial charge in [-0.3, -0.25) is 0 Å². The highest BCUT2D eigenvalue weighted by Crippen LogP contribution is 2.10. The van der Waals surface area contributed by atoms with Gasteiger partial charge in [0, 0.05) is 33.4 Å². The number of terminal acetylenes is 2. The van der Waals surface area contributed by atoms with Crippen LogP contribution in [0.25, 0.3) is 0 Å². The van der Waals surface area contributed by atoms with Crippen LogP contribution in [0.2, 0.25) is 52.4 Å². The molecule has 0 fully saturated rings. The van der Waals surface area contributed by atoms with Gasteiger partial charge in [-0.15, -0.1) is 35.0 Å². The Morgan fingerprint density at radius 1 is 0.258 bits per heavy atom. The summed E-state index contributed by atoms with van der Waals surface area (Å²) >= 11 is 0. The van der Waals surface area contributed by atoms with E-state index in [0.29, 0.717) is 0 Å². The topological polar surface area (TPSA) is 0 Å². The van der Waals surface area contributed by atoms with Crippen LogP contribution in [0.15, 0.2) is 194 Å². The second kappa shape index (κ2) is 23.6. The Morgan fingerprint density at radius 2 is 0.455 bits per heavy atom. The van der Waals surface area contributed by atoms with Crippen LogP contribution in [-0.2, 0) is 0 Å². The van der Waals surface area contributed by atoms with E-state index in [-0.39, 0.29) is 0 Å². The van der Waals surface area contributed by atoms with Gasteiger partial charge in [0.15, 0.2) is 32.3 Å². The average Bonchev–Trinajstić information content (AvgIpc) is 3.36. The predicted molar refractivity (Wildman–Crippen MR) is 297 cm³/mol. The summed E-state index contributed by atoms with van der Waals surface area (Å²) in [4.78, 5) is 0. The lowest BCUT2D eigenvalue weighted by atomic mass is 10.1. The molecule has 0 N–H and O–H groups in total. The lowest BCUT2D eigenvalue weighted by Crippen LogP contribution is -2.40. The van der Waals surface area contributed by atoms with E-state index in [1.165, 1.54) is 20.7 Å². The van der Waals surface area contributed by atoms with Crippen LogP contribution < -0.4 is 20.7 Å². The van der Waals surface area contributed by atoms with Crippen molar-refractivity contribution < 1.29 is 0 Å². The SMILES string of the molecule is C#Cc1cccc(C#C)c1.C[Si](C)(C#Cc1cccc(C#C[Si](C)(C)c2ccccc2)c1)c1ccccc1.C[Si](C)(C#Cc1cccc(C#C[Si](C)(C)c2ccccc2)c1)c1ccccc1. The maximum Gasteiger partial charge on any atom is 0.163 e. The molecule has 7 aromatic carbocycles. The van der Waals surface area contributed by atoms with Crippen LogP contribution in [-0.4, -0.2) is 32.3 Å². The second-order valence-corrected chi connectivity index (χ2v) is 34.3. The Kier molecular flexibility index (Phi) is 17.8. The molecule has 0 aliphatic heterocycles. The molecule has 0 radical (unpaired) electrons. The molecule has 0 bridgehead atoms. The highest BCUT2D eigenvalue weighted by molar-refractivity contribution is 6.97. The van der Waals surface area contributed by atoms with Gasteiger partial charge in [-0.05, 0) is 75.3 Å². The van der Waals surface area contributed by atoms with E-state index in [1.54, 1.807) is 6.07 Å². The quantitative estimate of drug-likeness (QED) is 0.122. The summed E-state index contributed by atoms with van der Waals surface area (Å²) in [6, 6.07) is 66.6. The zero-order valence-electron chi connectivity index (χ0n) is 39.6. The molecular weight excluding hydrogens is 857 g/mol. The molecule has 0 unspecified atom stereocenters. The number of benzene rings is 7. The van der Waals surface area contributed by atoms with Gasteiger partial charge in [0.2, 0.25) is 0 Å². The summed E-state index contributed by atoms with van der Waals surface area (Å²) in [5.41, 5.74) is 20.1. The van der Waals surface area contributed by atoms with E-state index in [9.17, 15) is 0 Å². The molecule has 0 aromatic heterocycles. The fourth-order valence-electron chi connectivity index (χ4n) is 6.67. The Bertz CT molecular complexity index is 2670. The third-order valence-electron chi connectivity index (χ3n) is 11.0. The molecule has 0 spiro atoms. The molecule has 7 aromatic rings. The van der Waals surface area contributed by atoms with Gasteiger partial charge in [-0.1, -0.05) is 227 Å². The second-order valence-electron chi connectivity index (χ2n) is 18.0. The van der Waals surface area contributed by atoms with Crippen LogP contribution in [0.5, 0.6) is 0 Å². The number of rotatable bonds is 4. The van der Waals surface area contributed by atoms with E-state index in [4.69, 9.17) is 12.8 Å². The Labute approximate surface area is 401 Å². The van der Waals surface area contributed by atoms with Crippen molar-refractivity contribution in [3.8, 4) is 70.5 Å². The number of hydrogen-bond acceptors (Lipinski definition) is 0. The molecule has 0 aliphatic rings. The van der Waals surface area contributed by atoms with Gasteiger partial charge in [0.1, 0.15) is 0 Å². The molecule has 0 aliphatic carbocycles. The van der Waals surface area contributed by atoms with Crippen LogP contribution >= 0.6 is 0 Å². The predicted octanol–water partition coefficient (Wildman–Crippen LogP) is 11.0. The van der Waals surface area contributed by atoms with E-state index in [1.807, 2.05) is 18.2 Å². The van der Waals surface area contributed by atoms with Crippen molar-refractivity contribution in [2.45, 2.75) is 52.4 Å². The van der Waals surface area contributed by atoms with E-state index in [0.717, 1.165) is 33.4 Å². The largest absolute Gasteiger partial charge is 0.163 e. The van der Waals surface area contributed by atoms with Gasteiger partial charge >= 0.3 is 0 Å². The Balaban J connectivity index is 0.000000205. The summed E-state index contributed by atoms with van der Waals surface area (Å²) in [5.74, 6) is 18.6. The highest BCUT2D eigenvalue weighted by Gasteiger charge is 2.23. The fraction of sp³-hybridized carbons (Fsp3) is 0.129. The average molecular weight is 915 g/mol. The fourth-order valence-corrected chi connectivity index (χ4v) is 13.2. The van der Waals surface area contributed by atoms with Crippen LogP contribution in [0, 0.1) is 70.5 Å². The first-order valence-corrected chi connectivity index (χ1v) is 34.2. The van der Waals surface area contributed by atoms with Crippen molar-refractivity contribution in [1.29, 1.82) is 0 Å². The minimum atomic E-state index is -1.76. The van der Waals surface area contributed by atoms with Gasteiger partial charge < -0.3 is 0 Å². The molecule has 66 heavy (non-hydrogen) atoms. The monoisotopic (exact) mass is 914 g/mol. The van der Waals surface area contributed by atoms with Crippen molar-refractivity contribution in [3.05, 3.63) is 228 Å². The minimum absolute atomic E-state index is 0.829. The lowest BCUT2D eigenvalue weighted by Gasteiger charge is -2.15. The smallest absolute Gasteiger partial charge is 0.121 e. The van der Waals surface area contributed by atoms with E-state index < -0.39 is 32.3 Å². The maximum atomic E-state index is 5.15. The standard InChI is InChI=1S/2C26H26Si2.C10H6/c2*1-27(2,25-14-7-5-8-15-25)20-18-23-12-11-13-24(22-23)19-21-28(3,4)26-16-9-6-10-17-26;1-3-9-6-5-7-10(4-2)8-9/h2*5-17,22H,1-4H3;1-2,5-8H. The minimum Gasteiger partial charge on any atom is -0.121 e. The van der Waals surface area contributed by atoms with Crippen molar-refractivity contribution in [1.82, 2.24) is 0 Å². The van der Waals surface area contributed by atoms with Gasteiger partial charge in [0.05, 0.1) is 0 Å². The van der Waals surface area contributed by atoms with Crippen LogP contribution in [0.3, 0.4) is 0 Å². The normalized spacial score (nSPS) is 10.5. The van der Waals surface area contributed by atoms with Crippen molar-refractivity contribution >= 4 is 53.0 Å². The first-order chi connectivity index (χ1) is 31.6. The highest BCUT2D eigenvalue weighted by atomic mass is 28.3. The summed E-state index contributed by atoms with van der Waals surface area (Å²) in [5, 5.41) is 5.48. The third-order valence-corrected chi connectivity index (χ3v) is 21.1. The Morgan fingerprint density at radius 3 is 0.667 bits per heavy atom. The molecule has 0 atom stereocenters. The van der Waals surface area contributed by atoms with Gasteiger partial charge in [-0.25, -0.2) is 0 Å². The van der Waals surface area contributed by atoms with Gasteiger partial charge in [-0.2, -0.15) is 0 Å². The van der Waals surface area contributed by atoms with Crippen molar-refractivity contribution in [2.75, 3.05) is 0 Å². The molecule has 0 nitrogen and oxygen atoms in total. The molecule has 0 heterocycles. The number of hydrogen-bond donors (Lipinski definition) is 0. The zero-order chi connectivity index (χ0) is 47.5. The molecule has 322 valence electrons. The zero-order valence-corrected chi connectivity index (χ0v) is 43.6. The van der Waals surface area contributed by atoms with Crippen molar-refractivity contribution in [3.63, 3.8) is 0 Å². The summed E-state index contributed by atoms with van der Waals surface area (Å²) in [6.45, 7) is 18.4. The first kappa shape index (κ1) is 49.8. The molecular formula is C62H58Si4. The van der Waals surface area contributed by atoms with Crippen LogP contribution in [0.4, 0.5) is 0 Å². The molecule has 0 amide bonds. The van der Waals surface area contributed by atoms with E-state index in [2.05, 4.69) is 280 Å². The van der Waals surface area contributed by atoms with E-state index >= 15 is 0 Å². The maximum absolute atomic E-state index is 5.15. The third kappa shape index (κ3) is 15.5. The van der Waals surface area contributed by atoms with Crippen LogP contribution in [0.1, 0.15) is 33.4 Å². The summed E-state index contributed by atoms with van der Waals surface area (Å²) in [7, 11) is -7.05. The molecule has 0 saturated heterocycles. The molecule has 4 heteroatoms. The Hall–Kier alpha value is -7.23. The van der Waals surface area contributed by atoms with Gasteiger partial charge in [0.25, 0.3) is 0 Å².